The molecule has 3 rings (SSSR count). The van der Waals surface area contributed by atoms with Crippen LogP contribution in [-0.4, -0.2) is 23.7 Å². The number of ether oxygens (including phenoxy) is 1. The summed E-state index contributed by atoms with van der Waals surface area (Å²) < 4.78 is 5.14. The third-order valence-corrected chi connectivity index (χ3v) is 4.34. The van der Waals surface area contributed by atoms with E-state index in [4.69, 9.17) is 4.74 Å². The molecule has 108 valence electrons. The van der Waals surface area contributed by atoms with E-state index in [-0.39, 0.29) is 11.8 Å². The molecule has 0 fully saturated rings. The number of amides is 1. The molecule has 1 aromatic carbocycles. The fourth-order valence-corrected chi connectivity index (χ4v) is 2.84. The van der Waals surface area contributed by atoms with Gasteiger partial charge in [0.2, 0.25) is 5.13 Å². The van der Waals surface area contributed by atoms with Crippen LogP contribution < -0.4 is 9.75 Å². The summed E-state index contributed by atoms with van der Waals surface area (Å²) in [5.41, 5.74) is 2.64. The zero-order valence-electron chi connectivity index (χ0n) is 12.0. The van der Waals surface area contributed by atoms with Gasteiger partial charge in [-0.25, -0.2) is 4.98 Å². The normalized spacial score (nSPS) is 18.0. The van der Waals surface area contributed by atoms with Gasteiger partial charge in [-0.15, -0.1) is 11.3 Å². The second kappa shape index (κ2) is 5.29. The number of carbonyl (C=O) groups is 1. The van der Waals surface area contributed by atoms with Crippen LogP contribution in [0.15, 0.2) is 34.7 Å². The summed E-state index contributed by atoms with van der Waals surface area (Å²) in [6, 6.07) is 7.67. The second-order valence-electron chi connectivity index (χ2n) is 4.86. The molecule has 0 saturated carbocycles. The molecule has 0 aliphatic carbocycles. The van der Waals surface area contributed by atoms with Crippen molar-refractivity contribution >= 4 is 28.1 Å². The monoisotopic (exact) mass is 301 g/mol. The van der Waals surface area contributed by atoms with Crippen LogP contribution in [0.5, 0.6) is 5.75 Å². The highest BCUT2D eigenvalue weighted by Crippen LogP contribution is 2.31. The summed E-state index contributed by atoms with van der Waals surface area (Å²) in [6.07, 6.45) is 0. The zero-order valence-corrected chi connectivity index (χ0v) is 12.8. The third-order valence-electron chi connectivity index (χ3n) is 3.52. The van der Waals surface area contributed by atoms with Crippen LogP contribution in [0, 0.1) is 5.92 Å². The number of aromatic nitrogens is 1. The van der Waals surface area contributed by atoms with Crippen LogP contribution >= 0.6 is 11.3 Å². The first kappa shape index (κ1) is 13.8. The summed E-state index contributed by atoms with van der Waals surface area (Å²) >= 11 is 1.42. The number of nitrogens with zero attached hydrogens (tertiary/aromatic N) is 3. The Balaban J connectivity index is 1.88. The predicted octanol–water partition coefficient (Wildman–Crippen LogP) is 3.18. The minimum Gasteiger partial charge on any atom is -0.497 e. The molecule has 1 amide bonds. The molecule has 0 saturated heterocycles. The molecule has 6 heteroatoms. The van der Waals surface area contributed by atoms with Crippen molar-refractivity contribution in [3.05, 3.63) is 29.6 Å². The molecular weight excluding hydrogens is 286 g/mol. The highest BCUT2D eigenvalue weighted by Gasteiger charge is 2.32. The van der Waals surface area contributed by atoms with Crippen LogP contribution in [0.2, 0.25) is 0 Å². The van der Waals surface area contributed by atoms with Gasteiger partial charge in [-0.2, -0.15) is 10.1 Å². The summed E-state index contributed by atoms with van der Waals surface area (Å²) in [5, 5.41) is 8.22. The van der Waals surface area contributed by atoms with Crippen LogP contribution in [0.4, 0.5) is 5.13 Å². The van der Waals surface area contributed by atoms with E-state index in [0.717, 1.165) is 22.7 Å². The van der Waals surface area contributed by atoms with Crippen molar-refractivity contribution in [2.45, 2.75) is 13.8 Å². The van der Waals surface area contributed by atoms with Gasteiger partial charge in [0.25, 0.3) is 5.91 Å². The van der Waals surface area contributed by atoms with Crippen LogP contribution in [0.3, 0.4) is 0 Å². The Morgan fingerprint density at radius 2 is 2.00 bits per heavy atom. The zero-order chi connectivity index (χ0) is 15.0. The first-order chi connectivity index (χ1) is 10.1. The van der Waals surface area contributed by atoms with Gasteiger partial charge in [0.05, 0.1) is 18.7 Å². The lowest BCUT2D eigenvalue weighted by atomic mass is 10.1. The summed E-state index contributed by atoms with van der Waals surface area (Å²) in [7, 11) is 1.64. The number of thiazole rings is 1. The molecule has 0 unspecified atom stereocenters. The van der Waals surface area contributed by atoms with Gasteiger partial charge < -0.3 is 4.74 Å². The average molecular weight is 301 g/mol. The van der Waals surface area contributed by atoms with Crippen LogP contribution in [0.1, 0.15) is 13.8 Å². The molecule has 2 aromatic rings. The van der Waals surface area contributed by atoms with E-state index in [2.05, 4.69) is 10.1 Å². The maximum Gasteiger partial charge on any atom is 0.258 e. The van der Waals surface area contributed by atoms with Gasteiger partial charge in [-0.3, -0.25) is 4.79 Å². The predicted molar refractivity (Wildman–Crippen MR) is 83.9 cm³/mol. The van der Waals surface area contributed by atoms with E-state index in [9.17, 15) is 4.79 Å². The number of hydrogen-bond acceptors (Lipinski definition) is 5. The van der Waals surface area contributed by atoms with E-state index >= 15 is 0 Å². The fraction of sp³-hybridized carbons (Fsp3) is 0.267. The topological polar surface area (TPSA) is 54.8 Å². The van der Waals surface area contributed by atoms with Crippen molar-refractivity contribution in [2.75, 3.05) is 12.1 Å². The maximum atomic E-state index is 12.1. The highest BCUT2D eigenvalue weighted by molar-refractivity contribution is 7.14. The Bertz CT molecular complexity index is 706. The number of hydrogen-bond donors (Lipinski definition) is 0. The highest BCUT2D eigenvalue weighted by atomic mass is 32.1. The van der Waals surface area contributed by atoms with Gasteiger partial charge in [0, 0.05) is 16.7 Å². The molecule has 0 radical (unpaired) electrons. The quantitative estimate of drug-likeness (QED) is 0.875. The van der Waals surface area contributed by atoms with Gasteiger partial charge >= 0.3 is 0 Å². The number of benzene rings is 1. The standard InChI is InChI=1S/C15H15N3O2S/c1-9-10(2)17-18(14(9)19)15-16-13(8-21-15)11-4-6-12(20-3)7-5-11/h4-9H,1-3H3/t9-/m0/s1. The Morgan fingerprint density at radius 1 is 1.29 bits per heavy atom. The first-order valence-corrected chi connectivity index (χ1v) is 7.47. The van der Waals surface area contributed by atoms with Gasteiger partial charge in [-0.05, 0) is 38.1 Å². The third kappa shape index (κ3) is 2.42. The molecule has 21 heavy (non-hydrogen) atoms. The summed E-state index contributed by atoms with van der Waals surface area (Å²) in [5.74, 6) is 0.611. The number of methoxy groups -OCH3 is 1. The minimum absolute atomic E-state index is 0.0249. The SMILES string of the molecule is COc1ccc(-c2csc(N3N=C(C)[C@H](C)C3=O)n2)cc1. The minimum atomic E-state index is -0.168. The van der Waals surface area contributed by atoms with Crippen molar-refractivity contribution in [3.63, 3.8) is 0 Å². The molecule has 0 spiro atoms. The molecule has 1 aromatic heterocycles. The summed E-state index contributed by atoms with van der Waals surface area (Å²) in [4.78, 5) is 16.6. The second-order valence-corrected chi connectivity index (χ2v) is 5.69. The lowest BCUT2D eigenvalue weighted by Crippen LogP contribution is -2.24. The van der Waals surface area contributed by atoms with Crippen LogP contribution in [0.25, 0.3) is 11.3 Å². The molecule has 1 atom stereocenters. The van der Waals surface area contributed by atoms with E-state index in [1.807, 2.05) is 43.5 Å². The van der Waals surface area contributed by atoms with Gasteiger partial charge in [0.15, 0.2) is 0 Å². The lowest BCUT2D eigenvalue weighted by molar-refractivity contribution is -0.119. The summed E-state index contributed by atoms with van der Waals surface area (Å²) in [6.45, 7) is 3.72. The van der Waals surface area contributed by atoms with Crippen LogP contribution in [-0.2, 0) is 4.79 Å². The molecule has 2 heterocycles. The lowest BCUT2D eigenvalue weighted by Gasteiger charge is -2.08. The van der Waals surface area contributed by atoms with Crippen molar-refractivity contribution in [2.24, 2.45) is 11.0 Å². The Labute approximate surface area is 126 Å². The number of carbonyl (C=O) groups excluding carboxylic acids is 1. The van der Waals surface area contributed by atoms with E-state index < -0.39 is 0 Å². The molecule has 5 nitrogen and oxygen atoms in total. The molecule has 1 aliphatic rings. The van der Waals surface area contributed by atoms with E-state index in [1.54, 1.807) is 7.11 Å². The molecule has 1 aliphatic heterocycles. The first-order valence-electron chi connectivity index (χ1n) is 6.59. The molecule has 0 bridgehead atoms. The van der Waals surface area contributed by atoms with Gasteiger partial charge in [0.1, 0.15) is 5.75 Å². The maximum absolute atomic E-state index is 12.1. The van der Waals surface area contributed by atoms with Crippen molar-refractivity contribution in [1.82, 2.24) is 4.98 Å². The Hall–Kier alpha value is -2.21. The van der Waals surface area contributed by atoms with Crippen molar-refractivity contribution in [3.8, 4) is 17.0 Å². The number of anilines is 1. The van der Waals surface area contributed by atoms with Crippen molar-refractivity contribution < 1.29 is 9.53 Å². The Morgan fingerprint density at radius 3 is 2.57 bits per heavy atom. The number of hydrazone groups is 1. The Kier molecular flexibility index (Phi) is 3.47. The number of rotatable bonds is 3. The average Bonchev–Trinajstić information content (AvgIpc) is 3.08. The van der Waals surface area contributed by atoms with E-state index in [1.165, 1.54) is 16.3 Å². The molecular formula is C15H15N3O2S. The largest absolute Gasteiger partial charge is 0.497 e. The van der Waals surface area contributed by atoms with Gasteiger partial charge in [-0.1, -0.05) is 0 Å². The van der Waals surface area contributed by atoms with E-state index in [0.29, 0.717) is 5.13 Å². The molecule has 0 N–H and O–H groups in total. The fourth-order valence-electron chi connectivity index (χ4n) is 2.05. The van der Waals surface area contributed by atoms with Crippen molar-refractivity contribution in [1.29, 1.82) is 0 Å². The smallest absolute Gasteiger partial charge is 0.258 e.